The van der Waals surface area contributed by atoms with E-state index in [1.54, 1.807) is 0 Å². The average molecular weight is 582 g/mol. The van der Waals surface area contributed by atoms with Crippen LogP contribution in [0.2, 0.25) is 0 Å². The van der Waals surface area contributed by atoms with Gasteiger partial charge >= 0.3 is 0 Å². The van der Waals surface area contributed by atoms with Crippen LogP contribution in [-0.4, -0.2) is 114 Å². The molecular weight excluding hydrogens is 518 g/mol. The van der Waals surface area contributed by atoms with Crippen LogP contribution in [0.3, 0.4) is 0 Å². The Morgan fingerprint density at radius 3 is 1.10 bits per heavy atom. The summed E-state index contributed by atoms with van der Waals surface area (Å²) in [5, 5.41) is 18.2. The maximum absolute atomic E-state index is 6.21. The Hall–Kier alpha value is -0.360. The van der Waals surface area contributed by atoms with Crippen LogP contribution in [0.4, 0.5) is 0 Å². The van der Waals surface area contributed by atoms with Gasteiger partial charge in [0.15, 0.2) is 0 Å². The highest BCUT2D eigenvalue weighted by Crippen LogP contribution is 2.35. The predicted molar refractivity (Wildman–Crippen MR) is 166 cm³/mol. The fraction of sp³-hybridized carbons (Fsp3) is 1.00. The Labute approximate surface area is 250 Å². The normalized spacial score (nSPS) is 33.5. The van der Waals surface area contributed by atoms with E-state index < -0.39 is 0 Å². The fourth-order valence-electron chi connectivity index (χ4n) is 6.65. The van der Waals surface area contributed by atoms with Gasteiger partial charge in [0.05, 0.1) is 50.8 Å². The molecule has 0 aliphatic carbocycles. The Kier molecular flexibility index (Phi) is 13.2. The van der Waals surface area contributed by atoms with E-state index in [0.717, 1.165) is 78.8 Å². The number of hydrogen-bond acceptors (Lipinski definition) is 9. The minimum Gasteiger partial charge on any atom is -0.375 e. The number of unbranched alkanes of at least 4 members (excludes halogenated alkanes) is 2. The third-order valence-corrected chi connectivity index (χ3v) is 9.02. The van der Waals surface area contributed by atoms with E-state index in [1.165, 1.54) is 25.7 Å². The summed E-state index contributed by atoms with van der Waals surface area (Å²) in [5.41, 5.74) is 0.343. The third kappa shape index (κ3) is 10.9. The van der Waals surface area contributed by atoms with Gasteiger partial charge in [-0.1, -0.05) is 0 Å². The molecule has 0 amide bonds. The zero-order valence-electron chi connectivity index (χ0n) is 27.1. The van der Waals surface area contributed by atoms with Crippen molar-refractivity contribution in [2.45, 2.75) is 103 Å². The van der Waals surface area contributed by atoms with Crippen LogP contribution in [0.15, 0.2) is 0 Å². The average Bonchev–Trinajstić information content (AvgIpc) is 3.67. The largest absolute Gasteiger partial charge is 0.375 e. The van der Waals surface area contributed by atoms with Gasteiger partial charge in [-0.15, -0.1) is 0 Å². The van der Waals surface area contributed by atoms with Gasteiger partial charge < -0.3 is 45.5 Å². The smallest absolute Gasteiger partial charge is 0.0903 e. The highest BCUT2D eigenvalue weighted by atomic mass is 16.6. The molecule has 4 saturated heterocycles. The van der Waals surface area contributed by atoms with E-state index in [-0.39, 0.29) is 35.5 Å². The summed E-state index contributed by atoms with van der Waals surface area (Å²) < 4.78 is 24.8. The molecule has 0 aromatic heterocycles. The number of hydrogen-bond donors (Lipinski definition) is 5. The Morgan fingerprint density at radius 2 is 0.756 bits per heavy atom. The summed E-state index contributed by atoms with van der Waals surface area (Å²) in [6, 6.07) is 0. The van der Waals surface area contributed by atoms with Crippen LogP contribution in [0.1, 0.15) is 67.2 Å². The first-order valence-corrected chi connectivity index (χ1v) is 16.7. The van der Waals surface area contributed by atoms with Crippen molar-refractivity contribution in [3.63, 3.8) is 0 Å². The Morgan fingerprint density at radius 1 is 0.439 bits per heavy atom. The van der Waals surface area contributed by atoms with Crippen molar-refractivity contribution < 1.29 is 18.9 Å². The van der Waals surface area contributed by atoms with Gasteiger partial charge in [0, 0.05) is 60.9 Å². The molecular formula is C32H63N5O4. The van der Waals surface area contributed by atoms with Gasteiger partial charge in [0.1, 0.15) is 0 Å². The van der Waals surface area contributed by atoms with E-state index in [9.17, 15) is 0 Å². The van der Waals surface area contributed by atoms with Crippen molar-refractivity contribution in [3.8, 4) is 0 Å². The van der Waals surface area contributed by atoms with Crippen LogP contribution < -0.4 is 26.6 Å². The molecule has 0 aromatic rings. The van der Waals surface area contributed by atoms with Crippen molar-refractivity contribution in [2.24, 2.45) is 23.7 Å². The molecule has 9 heteroatoms. The molecule has 0 bridgehead atoms. The van der Waals surface area contributed by atoms with Gasteiger partial charge in [-0.2, -0.15) is 0 Å². The second kappa shape index (κ2) is 16.1. The number of fused-ring (bicyclic) bond motifs is 2. The van der Waals surface area contributed by atoms with E-state index in [0.29, 0.717) is 23.7 Å². The monoisotopic (exact) mass is 581 g/mol. The third-order valence-electron chi connectivity index (χ3n) is 9.02. The number of nitrogens with one attached hydrogen (secondary N) is 5. The van der Waals surface area contributed by atoms with Gasteiger partial charge in [0.2, 0.25) is 0 Å². The van der Waals surface area contributed by atoms with Gasteiger partial charge in [0.25, 0.3) is 0 Å². The van der Waals surface area contributed by atoms with E-state index in [4.69, 9.17) is 18.9 Å². The minimum atomic E-state index is 0.133. The SMILES string of the molecule is CC(C)(C)NCCCCNCC1CO[C@@H]2C(CNCCCCNCC3CO[C@@H]4C(CNC(C)(C)C)CO[C@H]34)CO[C@H]12. The second-order valence-corrected chi connectivity index (χ2v) is 15.1. The minimum absolute atomic E-state index is 0.133. The first kappa shape index (κ1) is 33.5. The molecule has 4 fully saturated rings. The van der Waals surface area contributed by atoms with Crippen molar-refractivity contribution in [2.75, 3.05) is 78.8 Å². The molecule has 4 unspecified atom stereocenters. The number of rotatable bonds is 18. The second-order valence-electron chi connectivity index (χ2n) is 15.1. The molecule has 4 aliphatic rings. The fourth-order valence-corrected chi connectivity index (χ4v) is 6.65. The lowest BCUT2D eigenvalue weighted by atomic mass is 9.95. The molecule has 240 valence electrons. The van der Waals surface area contributed by atoms with Crippen LogP contribution >= 0.6 is 0 Å². The molecule has 5 N–H and O–H groups in total. The molecule has 4 heterocycles. The quantitative estimate of drug-likeness (QED) is 0.156. The van der Waals surface area contributed by atoms with Crippen LogP contribution in [0.25, 0.3) is 0 Å². The van der Waals surface area contributed by atoms with E-state index in [1.807, 2.05) is 0 Å². The Balaban J connectivity index is 0.975. The summed E-state index contributed by atoms with van der Waals surface area (Å²) in [7, 11) is 0. The molecule has 0 radical (unpaired) electrons. The summed E-state index contributed by atoms with van der Waals surface area (Å²) >= 11 is 0. The zero-order valence-corrected chi connectivity index (χ0v) is 27.1. The summed E-state index contributed by atoms with van der Waals surface area (Å²) in [4.78, 5) is 0. The summed E-state index contributed by atoms with van der Waals surface area (Å²) in [6.07, 6.45) is 5.78. The van der Waals surface area contributed by atoms with Crippen LogP contribution in [0.5, 0.6) is 0 Å². The molecule has 0 saturated carbocycles. The number of ether oxygens (including phenoxy) is 4. The van der Waals surface area contributed by atoms with Crippen molar-refractivity contribution >= 4 is 0 Å². The van der Waals surface area contributed by atoms with Crippen LogP contribution in [-0.2, 0) is 18.9 Å². The molecule has 9 nitrogen and oxygen atoms in total. The first-order chi connectivity index (χ1) is 19.6. The van der Waals surface area contributed by atoms with Crippen molar-refractivity contribution in [1.29, 1.82) is 0 Å². The molecule has 41 heavy (non-hydrogen) atoms. The van der Waals surface area contributed by atoms with Gasteiger partial charge in [-0.3, -0.25) is 0 Å². The topological polar surface area (TPSA) is 97.1 Å². The predicted octanol–water partition coefficient (Wildman–Crippen LogP) is 2.15. The summed E-state index contributed by atoms with van der Waals surface area (Å²) in [6.45, 7) is 24.8. The maximum atomic E-state index is 6.21. The lowest BCUT2D eigenvalue weighted by molar-refractivity contribution is 0.0599. The lowest BCUT2D eigenvalue weighted by Crippen LogP contribution is -2.42. The maximum Gasteiger partial charge on any atom is 0.0903 e. The molecule has 4 rings (SSSR count). The molecule has 0 aromatic carbocycles. The van der Waals surface area contributed by atoms with Gasteiger partial charge in [-0.05, 0) is 93.4 Å². The molecule has 8 atom stereocenters. The highest BCUT2D eigenvalue weighted by molar-refractivity contribution is 4.96. The van der Waals surface area contributed by atoms with Gasteiger partial charge in [-0.25, -0.2) is 0 Å². The first-order valence-electron chi connectivity index (χ1n) is 16.7. The van der Waals surface area contributed by atoms with E-state index in [2.05, 4.69) is 68.1 Å². The van der Waals surface area contributed by atoms with Crippen molar-refractivity contribution in [3.05, 3.63) is 0 Å². The summed E-state index contributed by atoms with van der Waals surface area (Å²) in [5.74, 6) is 1.87. The highest BCUT2D eigenvalue weighted by Gasteiger charge is 2.48. The zero-order chi connectivity index (χ0) is 29.3. The standard InChI is InChI=1S/C32H63N5O4/c1-31(2,3)36-14-10-9-13-35-16-24-20-39-27-23(19-38-28(24)27)15-33-11-7-8-12-34-17-25-21-40-30-26(22-41-29(25)30)18-37-32(4,5)6/h23-30,33-37H,7-22H2,1-6H3/t23?,24?,25?,26?,27-,28-,29-,30-/m1/s1. The van der Waals surface area contributed by atoms with E-state index >= 15 is 0 Å². The lowest BCUT2D eigenvalue weighted by Gasteiger charge is -2.24. The van der Waals surface area contributed by atoms with Crippen LogP contribution in [0, 0.1) is 23.7 Å². The molecule has 4 aliphatic heterocycles. The van der Waals surface area contributed by atoms with Crippen molar-refractivity contribution in [1.82, 2.24) is 26.6 Å². The Bertz CT molecular complexity index is 745. The molecule has 0 spiro atoms.